The van der Waals surface area contributed by atoms with E-state index in [0.29, 0.717) is 55.8 Å². The average molecular weight is 508 g/mol. The second kappa shape index (κ2) is 10.6. The molecule has 3 aromatic rings. The lowest BCUT2D eigenvalue weighted by Gasteiger charge is -2.38. The van der Waals surface area contributed by atoms with Gasteiger partial charge >= 0.3 is 6.03 Å². The molecular formula is C25H29N7O3S. The Morgan fingerprint density at radius 1 is 1.19 bits per heavy atom. The molecule has 0 unspecified atom stereocenters. The highest BCUT2D eigenvalue weighted by molar-refractivity contribution is 7.11. The van der Waals surface area contributed by atoms with E-state index < -0.39 is 0 Å². The topological polar surface area (TPSA) is 113 Å². The smallest absolute Gasteiger partial charge is 0.319 e. The van der Waals surface area contributed by atoms with Crippen molar-refractivity contribution in [2.75, 3.05) is 43.1 Å². The van der Waals surface area contributed by atoms with Crippen LogP contribution in [0.4, 0.5) is 16.3 Å². The van der Waals surface area contributed by atoms with Crippen molar-refractivity contribution in [3.8, 4) is 11.4 Å². The SMILES string of the molecule is CCNC(=O)Nc1ccc(-c2nc3c(c(N4CCOC[C@H]4C)n2)CN(C(=O)c2nccs2)CC3)cc1. The molecule has 0 bridgehead atoms. The summed E-state index contributed by atoms with van der Waals surface area (Å²) in [6, 6.07) is 7.43. The maximum absolute atomic E-state index is 13.0. The van der Waals surface area contributed by atoms with Crippen LogP contribution < -0.4 is 15.5 Å². The van der Waals surface area contributed by atoms with E-state index in [9.17, 15) is 9.59 Å². The van der Waals surface area contributed by atoms with Crippen molar-refractivity contribution in [1.82, 2.24) is 25.2 Å². The second-order valence-corrected chi connectivity index (χ2v) is 9.68. The Kier molecular flexibility index (Phi) is 7.10. The monoisotopic (exact) mass is 507 g/mol. The lowest BCUT2D eigenvalue weighted by atomic mass is 10.0. The number of fused-ring (bicyclic) bond motifs is 1. The first-order valence-corrected chi connectivity index (χ1v) is 13.0. The Morgan fingerprint density at radius 3 is 2.75 bits per heavy atom. The van der Waals surface area contributed by atoms with Crippen molar-refractivity contribution in [2.24, 2.45) is 0 Å². The number of anilines is 2. The normalized spacial score (nSPS) is 17.4. The van der Waals surface area contributed by atoms with Crippen molar-refractivity contribution in [1.29, 1.82) is 0 Å². The molecule has 1 fully saturated rings. The van der Waals surface area contributed by atoms with Crippen LogP contribution in [-0.2, 0) is 17.7 Å². The molecule has 2 aliphatic rings. The van der Waals surface area contributed by atoms with Crippen molar-refractivity contribution in [3.05, 3.63) is 52.1 Å². The maximum atomic E-state index is 13.0. The molecule has 0 radical (unpaired) electrons. The van der Waals surface area contributed by atoms with Gasteiger partial charge in [0.05, 0.1) is 31.5 Å². The van der Waals surface area contributed by atoms with Gasteiger partial charge in [-0.15, -0.1) is 11.3 Å². The molecule has 0 aliphatic carbocycles. The predicted octanol–water partition coefficient (Wildman–Crippen LogP) is 3.17. The average Bonchev–Trinajstić information content (AvgIpc) is 3.43. The minimum Gasteiger partial charge on any atom is -0.377 e. The highest BCUT2D eigenvalue weighted by Gasteiger charge is 2.31. The van der Waals surface area contributed by atoms with Crippen LogP contribution in [-0.4, -0.2) is 70.7 Å². The molecule has 1 saturated heterocycles. The van der Waals surface area contributed by atoms with E-state index in [1.807, 2.05) is 41.5 Å². The van der Waals surface area contributed by atoms with Crippen LogP contribution in [0.3, 0.4) is 0 Å². The zero-order chi connectivity index (χ0) is 25.1. The number of rotatable bonds is 5. The third kappa shape index (κ3) is 5.02. The Morgan fingerprint density at radius 2 is 2.03 bits per heavy atom. The van der Waals surface area contributed by atoms with Crippen molar-refractivity contribution in [2.45, 2.75) is 32.9 Å². The van der Waals surface area contributed by atoms with Gasteiger partial charge in [-0.05, 0) is 38.1 Å². The molecule has 1 aromatic carbocycles. The van der Waals surface area contributed by atoms with E-state index >= 15 is 0 Å². The van der Waals surface area contributed by atoms with Crippen LogP contribution in [0.5, 0.6) is 0 Å². The van der Waals surface area contributed by atoms with Crippen LogP contribution in [0.25, 0.3) is 11.4 Å². The summed E-state index contributed by atoms with van der Waals surface area (Å²) in [5, 5.41) is 7.85. The summed E-state index contributed by atoms with van der Waals surface area (Å²) >= 11 is 1.36. The molecule has 1 atom stereocenters. The quantitative estimate of drug-likeness (QED) is 0.545. The Balaban J connectivity index is 1.47. The summed E-state index contributed by atoms with van der Waals surface area (Å²) in [5.41, 5.74) is 3.50. The molecule has 11 heteroatoms. The Labute approximate surface area is 213 Å². The molecule has 4 heterocycles. The van der Waals surface area contributed by atoms with Gasteiger partial charge in [0, 0.05) is 54.4 Å². The van der Waals surface area contributed by atoms with E-state index in [-0.39, 0.29) is 18.0 Å². The molecule has 3 amide bonds. The van der Waals surface area contributed by atoms with Crippen molar-refractivity contribution in [3.63, 3.8) is 0 Å². The second-order valence-electron chi connectivity index (χ2n) is 8.79. The molecule has 2 aliphatic heterocycles. The van der Waals surface area contributed by atoms with Crippen LogP contribution in [0.2, 0.25) is 0 Å². The number of aromatic nitrogens is 3. The van der Waals surface area contributed by atoms with Gasteiger partial charge in [0.15, 0.2) is 10.8 Å². The number of morpholine rings is 1. The first kappa shape index (κ1) is 24.1. The van der Waals surface area contributed by atoms with Gasteiger partial charge in [0.1, 0.15) is 5.82 Å². The fraction of sp³-hybridized carbons (Fsp3) is 0.400. The largest absolute Gasteiger partial charge is 0.377 e. The van der Waals surface area contributed by atoms with Crippen LogP contribution in [0.15, 0.2) is 35.8 Å². The predicted molar refractivity (Wildman–Crippen MR) is 138 cm³/mol. The fourth-order valence-corrected chi connectivity index (χ4v) is 5.08. The maximum Gasteiger partial charge on any atom is 0.319 e. The third-order valence-corrected chi connectivity index (χ3v) is 7.08. The molecular weight excluding hydrogens is 478 g/mol. The Hall–Kier alpha value is -3.57. The van der Waals surface area contributed by atoms with Crippen LogP contribution in [0, 0.1) is 0 Å². The summed E-state index contributed by atoms with van der Waals surface area (Å²) < 4.78 is 5.67. The summed E-state index contributed by atoms with van der Waals surface area (Å²) in [5.74, 6) is 1.43. The molecule has 5 rings (SSSR count). The van der Waals surface area contributed by atoms with E-state index in [4.69, 9.17) is 14.7 Å². The molecule has 0 spiro atoms. The molecule has 0 saturated carbocycles. The van der Waals surface area contributed by atoms with Gasteiger partial charge in [-0.3, -0.25) is 4.79 Å². The van der Waals surface area contributed by atoms with Crippen LogP contribution in [0.1, 0.15) is 34.9 Å². The number of carbonyl (C=O) groups excluding carboxylic acids is 2. The number of hydrogen-bond donors (Lipinski definition) is 2. The van der Waals surface area contributed by atoms with E-state index in [2.05, 4.69) is 27.4 Å². The number of urea groups is 1. The van der Waals surface area contributed by atoms with E-state index in [0.717, 1.165) is 29.2 Å². The fourth-order valence-electron chi connectivity index (χ4n) is 4.48. The lowest BCUT2D eigenvalue weighted by Crippen LogP contribution is -2.46. The number of thiazole rings is 1. The number of ether oxygens (including phenoxy) is 1. The van der Waals surface area contributed by atoms with Gasteiger partial charge in [0.25, 0.3) is 5.91 Å². The highest BCUT2D eigenvalue weighted by atomic mass is 32.1. The zero-order valence-corrected chi connectivity index (χ0v) is 21.2. The van der Waals surface area contributed by atoms with E-state index in [1.54, 1.807) is 6.20 Å². The number of carbonyl (C=O) groups is 2. The van der Waals surface area contributed by atoms with Crippen LogP contribution >= 0.6 is 11.3 Å². The first-order valence-electron chi connectivity index (χ1n) is 12.1. The summed E-state index contributed by atoms with van der Waals surface area (Å²) in [4.78, 5) is 43.1. The summed E-state index contributed by atoms with van der Waals surface area (Å²) in [6.07, 6.45) is 2.30. The molecule has 2 aromatic heterocycles. The van der Waals surface area contributed by atoms with Gasteiger partial charge < -0.3 is 25.2 Å². The third-order valence-electron chi connectivity index (χ3n) is 6.32. The van der Waals surface area contributed by atoms with Gasteiger partial charge in [-0.2, -0.15) is 0 Å². The zero-order valence-electron chi connectivity index (χ0n) is 20.4. The number of nitrogens with one attached hydrogen (secondary N) is 2. The molecule has 188 valence electrons. The minimum atomic E-state index is -0.240. The summed E-state index contributed by atoms with van der Waals surface area (Å²) in [7, 11) is 0. The lowest BCUT2D eigenvalue weighted by molar-refractivity contribution is 0.0731. The number of benzene rings is 1. The Bertz CT molecular complexity index is 1230. The molecule has 10 nitrogen and oxygen atoms in total. The van der Waals surface area contributed by atoms with Crippen molar-refractivity contribution >= 4 is 34.8 Å². The minimum absolute atomic E-state index is 0.0594. The number of amides is 3. The first-order chi connectivity index (χ1) is 17.5. The van der Waals surface area contributed by atoms with Crippen molar-refractivity contribution < 1.29 is 14.3 Å². The standard InChI is InChI=1S/C25H29N7O3S/c1-3-26-25(34)28-18-6-4-17(5-7-18)21-29-20-8-10-31(24(33)23-27-9-13-36-23)14-19(20)22(30-21)32-11-12-35-15-16(32)2/h4-7,9,13,16H,3,8,10-12,14-15H2,1-2H3,(H2,26,28,34)/t16-/m1/s1. The number of nitrogens with zero attached hydrogens (tertiary/aromatic N) is 5. The highest BCUT2D eigenvalue weighted by Crippen LogP contribution is 2.32. The molecule has 2 N–H and O–H groups in total. The number of hydrogen-bond acceptors (Lipinski definition) is 8. The molecule has 36 heavy (non-hydrogen) atoms. The van der Waals surface area contributed by atoms with Gasteiger partial charge in [-0.1, -0.05) is 0 Å². The summed E-state index contributed by atoms with van der Waals surface area (Å²) in [6.45, 7) is 7.55. The van der Waals surface area contributed by atoms with Gasteiger partial charge in [0.2, 0.25) is 0 Å². The van der Waals surface area contributed by atoms with E-state index in [1.165, 1.54) is 11.3 Å². The van der Waals surface area contributed by atoms with Gasteiger partial charge in [-0.25, -0.2) is 19.7 Å².